The summed E-state index contributed by atoms with van der Waals surface area (Å²) in [5.74, 6) is 0.189. The molecule has 0 bridgehead atoms. The first-order valence-electron chi connectivity index (χ1n) is 6.22. The molecule has 98 valence electrons. The van der Waals surface area contributed by atoms with Crippen LogP contribution in [0.15, 0.2) is 18.3 Å². The van der Waals surface area contributed by atoms with Gasteiger partial charge in [-0.15, -0.1) is 0 Å². The number of pyridine rings is 1. The first-order chi connectivity index (χ1) is 8.66. The molecule has 0 saturated carbocycles. The molecule has 0 aliphatic carbocycles. The van der Waals surface area contributed by atoms with Crippen molar-refractivity contribution in [3.05, 3.63) is 24.0 Å². The highest BCUT2D eigenvalue weighted by molar-refractivity contribution is 5.85. The van der Waals surface area contributed by atoms with Crippen LogP contribution in [0, 0.1) is 0 Å². The first-order valence-corrected chi connectivity index (χ1v) is 6.22. The summed E-state index contributed by atoms with van der Waals surface area (Å²) < 4.78 is 5.28. The Hall–Kier alpha value is -1.46. The molecule has 0 aromatic carbocycles. The van der Waals surface area contributed by atoms with Crippen molar-refractivity contribution in [1.82, 2.24) is 9.88 Å². The van der Waals surface area contributed by atoms with Crippen LogP contribution in [-0.4, -0.2) is 48.0 Å². The third-order valence-electron chi connectivity index (χ3n) is 3.26. The lowest BCUT2D eigenvalue weighted by molar-refractivity contribution is -0.124. The molecule has 2 N–H and O–H groups in total. The smallest absolute Gasteiger partial charge is 0.155 e. The number of nitrogen functional groups attached to an aromatic ring is 1. The molecule has 1 aliphatic rings. The molecule has 0 spiro atoms. The first kappa shape index (κ1) is 13.0. The number of ketones is 1. The molecule has 1 fully saturated rings. The molecule has 0 amide bonds. The third-order valence-corrected chi connectivity index (χ3v) is 3.26. The lowest BCUT2D eigenvalue weighted by Gasteiger charge is -2.31. The van der Waals surface area contributed by atoms with Gasteiger partial charge in [0.05, 0.1) is 37.6 Å². The molecule has 0 radical (unpaired) electrons. The van der Waals surface area contributed by atoms with E-state index in [-0.39, 0.29) is 11.8 Å². The number of nitrogens with two attached hydrogens (primary N) is 1. The summed E-state index contributed by atoms with van der Waals surface area (Å²) in [6.07, 6.45) is 1.95. The predicted molar refractivity (Wildman–Crippen MR) is 69.2 cm³/mol. The maximum Gasteiger partial charge on any atom is 0.155 e. The van der Waals surface area contributed by atoms with E-state index in [1.807, 2.05) is 6.92 Å². The Morgan fingerprint density at radius 3 is 2.83 bits per heavy atom. The maximum absolute atomic E-state index is 12.1. The molecule has 1 aromatic rings. The van der Waals surface area contributed by atoms with Crippen molar-refractivity contribution in [2.75, 3.05) is 32.0 Å². The SMILES string of the molecule is CC(C(=O)Cc1ccc(N)cn1)N1CCOCC1. The largest absolute Gasteiger partial charge is 0.397 e. The molecule has 5 nitrogen and oxygen atoms in total. The van der Waals surface area contributed by atoms with Crippen molar-refractivity contribution >= 4 is 11.5 Å². The number of hydrogen-bond donors (Lipinski definition) is 1. The zero-order valence-corrected chi connectivity index (χ0v) is 10.6. The highest BCUT2D eigenvalue weighted by atomic mass is 16.5. The van der Waals surface area contributed by atoms with Crippen molar-refractivity contribution in [3.8, 4) is 0 Å². The van der Waals surface area contributed by atoms with Gasteiger partial charge in [0.15, 0.2) is 5.78 Å². The van der Waals surface area contributed by atoms with E-state index in [4.69, 9.17) is 10.5 Å². The lowest BCUT2D eigenvalue weighted by Crippen LogP contribution is -2.46. The Morgan fingerprint density at radius 1 is 1.50 bits per heavy atom. The summed E-state index contributed by atoms with van der Waals surface area (Å²) in [4.78, 5) is 18.5. The molecular formula is C13H19N3O2. The fourth-order valence-electron chi connectivity index (χ4n) is 2.04. The Morgan fingerprint density at radius 2 is 2.22 bits per heavy atom. The van der Waals surface area contributed by atoms with Crippen molar-refractivity contribution in [2.24, 2.45) is 0 Å². The number of ether oxygens (including phenoxy) is 1. The van der Waals surface area contributed by atoms with Crippen LogP contribution in [-0.2, 0) is 16.0 Å². The number of carbonyl (C=O) groups is 1. The zero-order valence-electron chi connectivity index (χ0n) is 10.6. The van der Waals surface area contributed by atoms with Crippen molar-refractivity contribution in [1.29, 1.82) is 0 Å². The van der Waals surface area contributed by atoms with Gasteiger partial charge in [-0.2, -0.15) is 0 Å². The molecule has 1 aromatic heterocycles. The molecule has 18 heavy (non-hydrogen) atoms. The van der Waals surface area contributed by atoms with Crippen molar-refractivity contribution in [3.63, 3.8) is 0 Å². The average molecular weight is 249 g/mol. The van der Waals surface area contributed by atoms with Gasteiger partial charge in [0, 0.05) is 18.8 Å². The minimum atomic E-state index is -0.0757. The topological polar surface area (TPSA) is 68.5 Å². The Balaban J connectivity index is 1.92. The molecule has 1 saturated heterocycles. The molecule has 2 heterocycles. The second kappa shape index (κ2) is 5.93. The minimum Gasteiger partial charge on any atom is -0.397 e. The van der Waals surface area contributed by atoms with E-state index < -0.39 is 0 Å². The Kier molecular flexibility index (Phi) is 4.28. The number of hydrogen-bond acceptors (Lipinski definition) is 5. The number of aromatic nitrogens is 1. The summed E-state index contributed by atoms with van der Waals surface area (Å²) in [7, 11) is 0. The van der Waals surface area contributed by atoms with Gasteiger partial charge >= 0.3 is 0 Å². The summed E-state index contributed by atoms with van der Waals surface area (Å²) in [5.41, 5.74) is 6.96. The normalized spacial score (nSPS) is 18.5. The predicted octanol–water partition coefficient (Wildman–Crippen LogP) is 0.496. The van der Waals surface area contributed by atoms with Gasteiger partial charge in [0.25, 0.3) is 0 Å². The molecular weight excluding hydrogens is 230 g/mol. The Labute approximate surface area is 107 Å². The van der Waals surface area contributed by atoms with Crippen molar-refractivity contribution in [2.45, 2.75) is 19.4 Å². The fraction of sp³-hybridized carbons (Fsp3) is 0.538. The van der Waals surface area contributed by atoms with E-state index >= 15 is 0 Å². The summed E-state index contributed by atoms with van der Waals surface area (Å²) in [6, 6.07) is 3.50. The molecule has 2 rings (SSSR count). The summed E-state index contributed by atoms with van der Waals surface area (Å²) in [5, 5.41) is 0. The van der Waals surface area contributed by atoms with E-state index in [0.29, 0.717) is 25.3 Å². The van der Waals surface area contributed by atoms with Crippen LogP contribution in [0.2, 0.25) is 0 Å². The van der Waals surface area contributed by atoms with E-state index in [0.717, 1.165) is 18.8 Å². The van der Waals surface area contributed by atoms with Crippen molar-refractivity contribution < 1.29 is 9.53 Å². The van der Waals surface area contributed by atoms with Crippen LogP contribution in [0.1, 0.15) is 12.6 Å². The van der Waals surface area contributed by atoms with E-state index in [2.05, 4.69) is 9.88 Å². The van der Waals surface area contributed by atoms with Crippen LogP contribution in [0.5, 0.6) is 0 Å². The number of carbonyl (C=O) groups excluding carboxylic acids is 1. The summed E-state index contributed by atoms with van der Waals surface area (Å²) >= 11 is 0. The molecule has 1 unspecified atom stereocenters. The second-order valence-corrected chi connectivity index (χ2v) is 4.55. The van der Waals surface area contributed by atoms with Crippen LogP contribution in [0.4, 0.5) is 5.69 Å². The highest BCUT2D eigenvalue weighted by Gasteiger charge is 2.23. The van der Waals surface area contributed by atoms with E-state index in [9.17, 15) is 4.79 Å². The van der Waals surface area contributed by atoms with Gasteiger partial charge in [-0.3, -0.25) is 14.7 Å². The monoisotopic (exact) mass is 249 g/mol. The van der Waals surface area contributed by atoms with Gasteiger partial charge in [0.1, 0.15) is 0 Å². The maximum atomic E-state index is 12.1. The molecule has 1 atom stereocenters. The number of morpholine rings is 1. The number of rotatable bonds is 4. The number of Topliss-reactive ketones (excluding diaryl/α,β-unsaturated/α-hetero) is 1. The average Bonchev–Trinajstić information content (AvgIpc) is 2.41. The third kappa shape index (κ3) is 3.27. The fourth-order valence-corrected chi connectivity index (χ4v) is 2.04. The van der Waals surface area contributed by atoms with Crippen LogP contribution in [0.3, 0.4) is 0 Å². The Bertz CT molecular complexity index is 399. The number of nitrogens with zero attached hydrogens (tertiary/aromatic N) is 2. The molecule has 5 heteroatoms. The zero-order chi connectivity index (χ0) is 13.0. The second-order valence-electron chi connectivity index (χ2n) is 4.55. The van der Waals surface area contributed by atoms with Crippen LogP contribution < -0.4 is 5.73 Å². The van der Waals surface area contributed by atoms with E-state index in [1.165, 1.54) is 0 Å². The van der Waals surface area contributed by atoms with Gasteiger partial charge in [-0.05, 0) is 19.1 Å². The summed E-state index contributed by atoms with van der Waals surface area (Å²) in [6.45, 7) is 5.00. The van der Waals surface area contributed by atoms with Gasteiger partial charge < -0.3 is 10.5 Å². The number of anilines is 1. The standard InChI is InChI=1S/C13H19N3O2/c1-10(16-4-6-18-7-5-16)13(17)8-12-3-2-11(14)9-15-12/h2-3,9-10H,4-8,14H2,1H3. The van der Waals surface area contributed by atoms with Gasteiger partial charge in [-0.1, -0.05) is 0 Å². The van der Waals surface area contributed by atoms with Gasteiger partial charge in [0.2, 0.25) is 0 Å². The van der Waals surface area contributed by atoms with Gasteiger partial charge in [-0.25, -0.2) is 0 Å². The van der Waals surface area contributed by atoms with Crippen LogP contribution >= 0.6 is 0 Å². The highest BCUT2D eigenvalue weighted by Crippen LogP contribution is 2.08. The van der Waals surface area contributed by atoms with Crippen LogP contribution in [0.25, 0.3) is 0 Å². The lowest BCUT2D eigenvalue weighted by atomic mass is 10.1. The minimum absolute atomic E-state index is 0.0757. The molecule has 1 aliphatic heterocycles. The quantitative estimate of drug-likeness (QED) is 0.841. The van der Waals surface area contributed by atoms with E-state index in [1.54, 1.807) is 18.3 Å².